The highest BCUT2D eigenvalue weighted by atomic mass is 35.5. The molecule has 1 aromatic heterocycles. The summed E-state index contributed by atoms with van der Waals surface area (Å²) in [5.41, 5.74) is 0. The van der Waals surface area contributed by atoms with Crippen LogP contribution in [0.1, 0.15) is 6.42 Å². The molecule has 0 spiro atoms. The van der Waals surface area contributed by atoms with Crippen molar-refractivity contribution in [3.8, 4) is 0 Å². The van der Waals surface area contributed by atoms with Crippen LogP contribution in [-0.2, 0) is 10.0 Å². The van der Waals surface area contributed by atoms with Gasteiger partial charge >= 0.3 is 0 Å². The van der Waals surface area contributed by atoms with Crippen molar-refractivity contribution in [1.82, 2.24) is 19.9 Å². The van der Waals surface area contributed by atoms with Crippen LogP contribution in [0.3, 0.4) is 0 Å². The monoisotopic (exact) mass is 390 g/mol. The topological polar surface area (TPSA) is 74.3 Å². The maximum atomic E-state index is 12.0. The fourth-order valence-corrected chi connectivity index (χ4v) is 3.37. The first-order valence-electron chi connectivity index (χ1n) is 6.61. The lowest BCUT2D eigenvalue weighted by molar-refractivity contribution is 0.239. The summed E-state index contributed by atoms with van der Waals surface area (Å²) < 4.78 is 26.6. The maximum Gasteiger partial charge on any atom is 0.242 e. The number of piperazine rings is 1. The van der Waals surface area contributed by atoms with Gasteiger partial charge < -0.3 is 10.2 Å². The zero-order valence-corrected chi connectivity index (χ0v) is 15.2. The highest BCUT2D eigenvalue weighted by molar-refractivity contribution is 7.89. The molecule has 0 amide bonds. The van der Waals surface area contributed by atoms with Gasteiger partial charge in [-0.2, -0.15) is 0 Å². The quantitative estimate of drug-likeness (QED) is 0.712. The molecule has 1 fully saturated rings. The second-order valence-corrected chi connectivity index (χ2v) is 6.89. The van der Waals surface area contributed by atoms with Gasteiger partial charge in [0.15, 0.2) is 0 Å². The SMILES string of the molecule is Cl.Cl.O=S(=O)(NCCCN1CCNCC1)c1cncc(Cl)c1. The fraction of sp³-hybridized carbons (Fsp3) is 0.583. The molecule has 22 heavy (non-hydrogen) atoms. The Morgan fingerprint density at radius 2 is 1.95 bits per heavy atom. The van der Waals surface area contributed by atoms with E-state index in [9.17, 15) is 8.42 Å². The number of hydrogen-bond acceptors (Lipinski definition) is 5. The number of rotatable bonds is 6. The smallest absolute Gasteiger partial charge is 0.242 e. The molecule has 1 aromatic rings. The van der Waals surface area contributed by atoms with Gasteiger partial charge in [-0.25, -0.2) is 13.1 Å². The molecule has 128 valence electrons. The van der Waals surface area contributed by atoms with Gasteiger partial charge in [-0.1, -0.05) is 11.6 Å². The molecular weight excluding hydrogens is 371 g/mol. The fourth-order valence-electron chi connectivity index (χ4n) is 2.07. The predicted octanol–water partition coefficient (Wildman–Crippen LogP) is 1.15. The molecule has 0 atom stereocenters. The van der Waals surface area contributed by atoms with E-state index >= 15 is 0 Å². The van der Waals surface area contributed by atoms with E-state index in [1.165, 1.54) is 18.5 Å². The molecule has 2 rings (SSSR count). The Kier molecular flexibility index (Phi) is 10.5. The van der Waals surface area contributed by atoms with E-state index < -0.39 is 10.0 Å². The highest BCUT2D eigenvalue weighted by Crippen LogP contribution is 2.13. The van der Waals surface area contributed by atoms with Gasteiger partial charge in [0.1, 0.15) is 4.90 Å². The number of aromatic nitrogens is 1. The molecule has 0 bridgehead atoms. The minimum Gasteiger partial charge on any atom is -0.314 e. The molecule has 0 aromatic carbocycles. The minimum absolute atomic E-state index is 0. The number of halogens is 3. The summed E-state index contributed by atoms with van der Waals surface area (Å²) in [6.45, 7) is 5.35. The average Bonchev–Trinajstić information content (AvgIpc) is 2.45. The minimum atomic E-state index is -3.51. The van der Waals surface area contributed by atoms with Crippen LogP contribution in [0.2, 0.25) is 5.02 Å². The molecule has 1 aliphatic heterocycles. The molecular formula is C12H21Cl3N4O2S. The van der Waals surface area contributed by atoms with Crippen LogP contribution in [0.15, 0.2) is 23.4 Å². The van der Waals surface area contributed by atoms with Crippen LogP contribution in [0.5, 0.6) is 0 Å². The number of pyridine rings is 1. The Bertz CT molecular complexity index is 539. The van der Waals surface area contributed by atoms with E-state index in [0.717, 1.165) is 39.1 Å². The van der Waals surface area contributed by atoms with Crippen molar-refractivity contribution in [2.75, 3.05) is 39.3 Å². The second kappa shape index (κ2) is 10.6. The van der Waals surface area contributed by atoms with E-state index in [-0.39, 0.29) is 29.7 Å². The summed E-state index contributed by atoms with van der Waals surface area (Å²) in [5.74, 6) is 0. The molecule has 1 aliphatic rings. The summed E-state index contributed by atoms with van der Waals surface area (Å²) >= 11 is 5.75. The number of sulfonamides is 1. The predicted molar refractivity (Wildman–Crippen MR) is 92.9 cm³/mol. The summed E-state index contributed by atoms with van der Waals surface area (Å²) in [6, 6.07) is 1.40. The molecule has 0 unspecified atom stereocenters. The van der Waals surface area contributed by atoms with Crippen LogP contribution in [0, 0.1) is 0 Å². The van der Waals surface area contributed by atoms with E-state index in [1.807, 2.05) is 0 Å². The van der Waals surface area contributed by atoms with Crippen LogP contribution in [0.25, 0.3) is 0 Å². The first-order valence-corrected chi connectivity index (χ1v) is 8.47. The van der Waals surface area contributed by atoms with Crippen molar-refractivity contribution >= 4 is 46.4 Å². The van der Waals surface area contributed by atoms with Gasteiger partial charge in [-0.05, 0) is 19.0 Å². The van der Waals surface area contributed by atoms with E-state index in [1.54, 1.807) is 0 Å². The van der Waals surface area contributed by atoms with Crippen molar-refractivity contribution in [3.05, 3.63) is 23.5 Å². The van der Waals surface area contributed by atoms with Crippen LogP contribution >= 0.6 is 36.4 Å². The molecule has 10 heteroatoms. The second-order valence-electron chi connectivity index (χ2n) is 4.68. The maximum absolute atomic E-state index is 12.0. The zero-order chi connectivity index (χ0) is 14.4. The highest BCUT2D eigenvalue weighted by Gasteiger charge is 2.15. The molecule has 2 heterocycles. The average molecular weight is 392 g/mol. The van der Waals surface area contributed by atoms with Crippen LogP contribution < -0.4 is 10.0 Å². The lowest BCUT2D eigenvalue weighted by Gasteiger charge is -2.27. The molecule has 1 saturated heterocycles. The Morgan fingerprint density at radius 3 is 2.59 bits per heavy atom. The standard InChI is InChI=1S/C12H19ClN4O2S.2ClH/c13-11-8-12(10-15-9-11)20(18,19)16-2-1-5-17-6-3-14-4-7-17;;/h8-10,14,16H,1-7H2;2*1H. The molecule has 6 nitrogen and oxygen atoms in total. The third-order valence-electron chi connectivity index (χ3n) is 3.14. The van der Waals surface area contributed by atoms with Gasteiger partial charge in [-0.3, -0.25) is 4.98 Å². The van der Waals surface area contributed by atoms with Gasteiger partial charge in [0.25, 0.3) is 0 Å². The van der Waals surface area contributed by atoms with Gasteiger partial charge in [0.2, 0.25) is 10.0 Å². The molecule has 2 N–H and O–H groups in total. The molecule has 0 radical (unpaired) electrons. The van der Waals surface area contributed by atoms with Crippen molar-refractivity contribution in [2.45, 2.75) is 11.3 Å². The van der Waals surface area contributed by atoms with Crippen LogP contribution in [-0.4, -0.2) is 57.6 Å². The van der Waals surface area contributed by atoms with Crippen molar-refractivity contribution in [2.24, 2.45) is 0 Å². The lowest BCUT2D eigenvalue weighted by atomic mass is 10.3. The molecule has 0 aliphatic carbocycles. The summed E-state index contributed by atoms with van der Waals surface area (Å²) in [5, 5.41) is 3.60. The Hall–Kier alpha value is -0.150. The first kappa shape index (κ1) is 21.9. The number of nitrogens with one attached hydrogen (secondary N) is 2. The van der Waals surface area contributed by atoms with E-state index in [2.05, 4.69) is 19.9 Å². The summed E-state index contributed by atoms with van der Waals surface area (Å²) in [4.78, 5) is 6.21. The third kappa shape index (κ3) is 6.95. The summed E-state index contributed by atoms with van der Waals surface area (Å²) in [6.07, 6.45) is 3.49. The molecule has 0 saturated carbocycles. The Morgan fingerprint density at radius 1 is 1.27 bits per heavy atom. The lowest BCUT2D eigenvalue weighted by Crippen LogP contribution is -2.44. The normalized spacial score (nSPS) is 15.7. The van der Waals surface area contributed by atoms with E-state index in [4.69, 9.17) is 11.6 Å². The number of nitrogens with zero attached hydrogens (tertiary/aromatic N) is 2. The zero-order valence-electron chi connectivity index (χ0n) is 12.0. The third-order valence-corrected chi connectivity index (χ3v) is 4.78. The van der Waals surface area contributed by atoms with Crippen molar-refractivity contribution < 1.29 is 8.42 Å². The van der Waals surface area contributed by atoms with Crippen molar-refractivity contribution in [1.29, 1.82) is 0 Å². The number of hydrogen-bond donors (Lipinski definition) is 2. The largest absolute Gasteiger partial charge is 0.314 e. The Labute approximate surface area is 148 Å². The Balaban J connectivity index is 0.00000220. The summed E-state index contributed by atoms with van der Waals surface area (Å²) in [7, 11) is -3.51. The first-order chi connectivity index (χ1) is 9.58. The van der Waals surface area contributed by atoms with E-state index in [0.29, 0.717) is 11.6 Å². The van der Waals surface area contributed by atoms with Gasteiger partial charge in [-0.15, -0.1) is 24.8 Å². The van der Waals surface area contributed by atoms with Crippen molar-refractivity contribution in [3.63, 3.8) is 0 Å². The van der Waals surface area contributed by atoms with Gasteiger partial charge in [0, 0.05) is 45.1 Å². The van der Waals surface area contributed by atoms with Gasteiger partial charge in [0.05, 0.1) is 5.02 Å². The van der Waals surface area contributed by atoms with Crippen LogP contribution in [0.4, 0.5) is 0 Å².